The van der Waals surface area contributed by atoms with E-state index in [-0.39, 0.29) is 19.6 Å². The Labute approximate surface area is 357 Å². The van der Waals surface area contributed by atoms with Crippen LogP contribution in [0.1, 0.15) is 174 Å². The molecule has 1 aliphatic heterocycles. The lowest BCUT2D eigenvalue weighted by Gasteiger charge is -2.41. The zero-order chi connectivity index (χ0) is 43.2. The highest BCUT2D eigenvalue weighted by atomic mass is 32.3. The first-order valence-corrected chi connectivity index (χ1v) is 24.3. The van der Waals surface area contributed by atoms with Crippen LogP contribution in [0.2, 0.25) is 0 Å². The molecule has 0 aliphatic carbocycles. The number of carbonyl (C=O) groups excluding carboxylic acids is 1. The van der Waals surface area contributed by atoms with E-state index < -0.39 is 59.8 Å². The summed E-state index contributed by atoms with van der Waals surface area (Å²) in [5.41, 5.74) is 0. The number of rotatable bonds is 39. The Hall–Kier alpha value is -1.94. The van der Waals surface area contributed by atoms with Crippen LogP contribution in [-0.4, -0.2) is 97.5 Å². The Kier molecular flexibility index (Phi) is 35.3. The van der Waals surface area contributed by atoms with Crippen LogP contribution in [0.5, 0.6) is 0 Å². The van der Waals surface area contributed by atoms with Crippen molar-refractivity contribution in [1.82, 2.24) is 0 Å². The van der Waals surface area contributed by atoms with Crippen molar-refractivity contribution in [2.24, 2.45) is 0 Å². The minimum absolute atomic E-state index is 0.0347. The molecule has 0 spiro atoms. The predicted molar refractivity (Wildman–Crippen MR) is 234 cm³/mol. The third-order valence-corrected chi connectivity index (χ3v) is 10.7. The fourth-order valence-electron chi connectivity index (χ4n) is 6.78. The van der Waals surface area contributed by atoms with E-state index in [0.717, 1.165) is 70.6 Å². The summed E-state index contributed by atoms with van der Waals surface area (Å²) in [4.78, 5) is 12.8. The zero-order valence-electron chi connectivity index (χ0n) is 36.6. The quantitative estimate of drug-likeness (QED) is 0.0199. The van der Waals surface area contributed by atoms with Gasteiger partial charge in [0.25, 0.3) is 0 Å². The molecule has 1 fully saturated rings. The Morgan fingerprint density at radius 3 is 1.71 bits per heavy atom. The maximum absolute atomic E-state index is 12.8. The minimum Gasteiger partial charge on any atom is -0.457 e. The molecular formula is C46H82O12S. The molecule has 6 atom stereocenters. The number of carbonyl (C=O) groups is 1. The lowest BCUT2D eigenvalue weighted by molar-refractivity contribution is -0.301. The fraction of sp³-hybridized carbons (Fsp3) is 0.804. The molecule has 13 heteroatoms. The van der Waals surface area contributed by atoms with Crippen molar-refractivity contribution in [2.45, 2.75) is 211 Å². The van der Waals surface area contributed by atoms with Gasteiger partial charge in [-0.3, -0.25) is 9.35 Å². The molecule has 0 bridgehead atoms. The van der Waals surface area contributed by atoms with Gasteiger partial charge in [0.15, 0.2) is 6.29 Å². The first kappa shape index (κ1) is 55.1. The van der Waals surface area contributed by atoms with Gasteiger partial charge in [0.05, 0.1) is 19.8 Å². The van der Waals surface area contributed by atoms with Crippen LogP contribution >= 0.6 is 0 Å². The van der Waals surface area contributed by atoms with Crippen molar-refractivity contribution in [3.63, 3.8) is 0 Å². The fourth-order valence-corrected chi connectivity index (χ4v) is 7.29. The van der Waals surface area contributed by atoms with Crippen LogP contribution < -0.4 is 0 Å². The van der Waals surface area contributed by atoms with E-state index in [0.29, 0.717) is 13.0 Å². The monoisotopic (exact) mass is 859 g/mol. The van der Waals surface area contributed by atoms with E-state index in [1.807, 2.05) is 0 Å². The molecule has 4 N–H and O–H groups in total. The van der Waals surface area contributed by atoms with Gasteiger partial charge >= 0.3 is 16.4 Å². The van der Waals surface area contributed by atoms with Crippen molar-refractivity contribution in [3.8, 4) is 0 Å². The number of hydrogen-bond donors (Lipinski definition) is 4. The highest BCUT2D eigenvalue weighted by Crippen LogP contribution is 2.26. The smallest absolute Gasteiger partial charge is 0.397 e. The van der Waals surface area contributed by atoms with Gasteiger partial charge in [-0.2, -0.15) is 8.42 Å². The summed E-state index contributed by atoms with van der Waals surface area (Å²) in [5, 5.41) is 30.6. The van der Waals surface area contributed by atoms with E-state index in [4.69, 9.17) is 23.5 Å². The average molecular weight is 859 g/mol. The molecule has 0 aromatic rings. The van der Waals surface area contributed by atoms with Gasteiger partial charge in [0, 0.05) is 13.0 Å². The second-order valence-electron chi connectivity index (χ2n) is 15.6. The van der Waals surface area contributed by atoms with Gasteiger partial charge in [0.1, 0.15) is 30.5 Å². The largest absolute Gasteiger partial charge is 0.457 e. The van der Waals surface area contributed by atoms with Crippen LogP contribution in [-0.2, 0) is 38.3 Å². The Bertz CT molecular complexity index is 1220. The molecule has 59 heavy (non-hydrogen) atoms. The summed E-state index contributed by atoms with van der Waals surface area (Å²) in [6.07, 6.45) is 35.8. The van der Waals surface area contributed by atoms with E-state index in [2.05, 4.69) is 66.6 Å². The molecule has 1 aliphatic rings. The van der Waals surface area contributed by atoms with Gasteiger partial charge < -0.3 is 34.3 Å². The summed E-state index contributed by atoms with van der Waals surface area (Å²) in [6, 6.07) is 0. The SMILES string of the molecule is CC/C=C\C/C=C\C/C=C\C/C=C\CCCCCCCCCCCCC(=O)OC(COCCCCCCCCCCC)COC1OC(CO)C(O)C(OS(=O)(=O)O)C1O. The molecule has 0 radical (unpaired) electrons. The average Bonchev–Trinajstić information content (AvgIpc) is 3.20. The number of unbranched alkanes of at least 4 members (excludes halogenated alkanes) is 18. The van der Waals surface area contributed by atoms with Crippen molar-refractivity contribution < 1.29 is 56.2 Å². The second-order valence-corrected chi connectivity index (χ2v) is 16.7. The standard InChI is InChI=1S/C46H82O12S/c1-3-5-7-9-11-13-14-15-16-17-18-19-20-21-22-23-24-25-26-27-29-31-33-35-42(48)56-40(38-54-36-34-32-30-28-12-10-8-6-4-2)39-55-46-44(50)45(58-59(51,52)53)43(49)41(37-47)57-46/h5,7,11,13,15-16,18-19,40-41,43-47,49-50H,3-4,6,8-10,12,14,17,20-39H2,1-2H3,(H,51,52,53)/b7-5-,13-11-,16-15-,19-18-. The first-order chi connectivity index (χ1) is 28.6. The van der Waals surface area contributed by atoms with Crippen molar-refractivity contribution in [2.75, 3.05) is 26.4 Å². The van der Waals surface area contributed by atoms with Gasteiger partial charge in [-0.25, -0.2) is 4.18 Å². The van der Waals surface area contributed by atoms with Gasteiger partial charge in [-0.1, -0.05) is 165 Å². The molecule has 1 saturated heterocycles. The molecule has 0 aromatic carbocycles. The number of esters is 1. The molecule has 0 saturated carbocycles. The van der Waals surface area contributed by atoms with E-state index in [1.165, 1.54) is 77.0 Å². The van der Waals surface area contributed by atoms with Crippen LogP contribution in [0.25, 0.3) is 0 Å². The molecule has 1 rings (SSSR count). The van der Waals surface area contributed by atoms with Crippen molar-refractivity contribution >= 4 is 16.4 Å². The molecule has 6 unspecified atom stereocenters. The molecule has 12 nitrogen and oxygen atoms in total. The zero-order valence-corrected chi connectivity index (χ0v) is 37.4. The normalized spacial score (nSPS) is 20.8. The topological polar surface area (TPSA) is 178 Å². The summed E-state index contributed by atoms with van der Waals surface area (Å²) in [5.74, 6) is -0.406. The maximum atomic E-state index is 12.8. The number of hydrogen-bond acceptors (Lipinski definition) is 11. The molecule has 344 valence electrons. The highest BCUT2D eigenvalue weighted by molar-refractivity contribution is 7.80. The van der Waals surface area contributed by atoms with E-state index in [9.17, 15) is 28.5 Å². The summed E-state index contributed by atoms with van der Waals surface area (Å²) >= 11 is 0. The molecule has 1 heterocycles. The third-order valence-electron chi connectivity index (χ3n) is 10.2. The van der Waals surface area contributed by atoms with Gasteiger partial charge in [-0.15, -0.1) is 0 Å². The lowest BCUT2D eigenvalue weighted by Crippen LogP contribution is -2.60. The minimum atomic E-state index is -5.06. The Balaban J connectivity index is 2.34. The van der Waals surface area contributed by atoms with Gasteiger partial charge in [0.2, 0.25) is 0 Å². The third kappa shape index (κ3) is 31.6. The summed E-state index contributed by atoms with van der Waals surface area (Å²) in [7, 11) is -5.06. The van der Waals surface area contributed by atoms with Crippen molar-refractivity contribution in [1.29, 1.82) is 0 Å². The predicted octanol–water partition coefficient (Wildman–Crippen LogP) is 9.58. The number of ether oxygens (including phenoxy) is 4. The van der Waals surface area contributed by atoms with E-state index in [1.54, 1.807) is 0 Å². The van der Waals surface area contributed by atoms with Crippen LogP contribution in [0, 0.1) is 0 Å². The number of aliphatic hydroxyl groups is 3. The van der Waals surface area contributed by atoms with Crippen molar-refractivity contribution in [3.05, 3.63) is 48.6 Å². The summed E-state index contributed by atoms with van der Waals surface area (Å²) < 4.78 is 58.9. The van der Waals surface area contributed by atoms with Crippen LogP contribution in [0.4, 0.5) is 0 Å². The Morgan fingerprint density at radius 2 is 1.17 bits per heavy atom. The number of aliphatic hydroxyl groups excluding tert-OH is 3. The van der Waals surface area contributed by atoms with Crippen LogP contribution in [0.15, 0.2) is 48.6 Å². The maximum Gasteiger partial charge on any atom is 0.397 e. The second kappa shape index (κ2) is 37.8. The lowest BCUT2D eigenvalue weighted by atomic mass is 9.99. The highest BCUT2D eigenvalue weighted by Gasteiger charge is 2.48. The summed E-state index contributed by atoms with van der Waals surface area (Å²) in [6.45, 7) is 3.85. The molecule has 0 amide bonds. The number of allylic oxidation sites excluding steroid dienone is 8. The van der Waals surface area contributed by atoms with Gasteiger partial charge in [-0.05, 0) is 51.4 Å². The molecule has 0 aromatic heterocycles. The van der Waals surface area contributed by atoms with E-state index >= 15 is 0 Å². The Morgan fingerprint density at radius 1 is 0.661 bits per heavy atom. The molecular weight excluding hydrogens is 777 g/mol. The first-order valence-electron chi connectivity index (χ1n) is 22.9. The van der Waals surface area contributed by atoms with Crippen LogP contribution in [0.3, 0.4) is 0 Å².